The van der Waals surface area contributed by atoms with Gasteiger partial charge < -0.3 is 15.2 Å². The summed E-state index contributed by atoms with van der Waals surface area (Å²) in [6.45, 7) is -0.0839. The van der Waals surface area contributed by atoms with Crippen LogP contribution in [0.25, 0.3) is 0 Å². The normalized spacial score (nSPS) is 10.5. The summed E-state index contributed by atoms with van der Waals surface area (Å²) < 4.78 is 5.15. The molecule has 0 saturated heterocycles. The number of nitrogens with zero attached hydrogens (tertiary/aromatic N) is 2. The standard InChI is InChI=1S/C16H15ClN4O5/c1-26-14-5-3-2-4-12(14)18-9-15(22)20-19-8-10-6-11(17)7-13(16(10)23)21(24)25/h2-8,18,23H,9H2,1H3,(H,20,22)/b19-8+. The fourth-order valence-corrected chi connectivity index (χ4v) is 2.24. The van der Waals surface area contributed by atoms with Crippen LogP contribution < -0.4 is 15.5 Å². The molecular formula is C16H15ClN4O5. The maximum absolute atomic E-state index is 11.8. The fraction of sp³-hybridized carbons (Fsp3) is 0.125. The summed E-state index contributed by atoms with van der Waals surface area (Å²) in [7, 11) is 1.52. The molecular weight excluding hydrogens is 364 g/mol. The number of methoxy groups -OCH3 is 1. The molecule has 0 atom stereocenters. The topological polar surface area (TPSA) is 126 Å². The molecule has 10 heteroatoms. The van der Waals surface area contributed by atoms with Crippen molar-refractivity contribution in [1.82, 2.24) is 5.43 Å². The number of carbonyl (C=O) groups excluding carboxylic acids is 1. The van der Waals surface area contributed by atoms with Gasteiger partial charge in [-0.1, -0.05) is 23.7 Å². The predicted molar refractivity (Wildman–Crippen MR) is 97.0 cm³/mol. The van der Waals surface area contributed by atoms with E-state index in [2.05, 4.69) is 15.8 Å². The Kier molecular flexibility index (Phi) is 6.34. The lowest BCUT2D eigenvalue weighted by atomic mass is 10.2. The number of ether oxygens (including phenoxy) is 1. The van der Waals surface area contributed by atoms with E-state index in [1.807, 2.05) is 0 Å². The fourth-order valence-electron chi connectivity index (χ4n) is 2.02. The van der Waals surface area contributed by atoms with E-state index in [-0.39, 0.29) is 17.1 Å². The van der Waals surface area contributed by atoms with Crippen molar-refractivity contribution in [3.05, 3.63) is 57.1 Å². The largest absolute Gasteiger partial charge is 0.502 e. The zero-order valence-electron chi connectivity index (χ0n) is 13.6. The van der Waals surface area contributed by atoms with Gasteiger partial charge in [-0.25, -0.2) is 5.43 Å². The van der Waals surface area contributed by atoms with Crippen LogP contribution in [0.3, 0.4) is 0 Å². The third-order valence-electron chi connectivity index (χ3n) is 3.22. The Hall–Kier alpha value is -3.33. The van der Waals surface area contributed by atoms with Crippen LogP contribution in [0, 0.1) is 10.1 Å². The number of nitro groups is 1. The second-order valence-electron chi connectivity index (χ2n) is 4.97. The van der Waals surface area contributed by atoms with Crippen LogP contribution in [0.5, 0.6) is 11.5 Å². The molecule has 2 rings (SSSR count). The number of benzene rings is 2. The molecule has 0 fully saturated rings. The molecule has 0 spiro atoms. The molecule has 136 valence electrons. The maximum atomic E-state index is 11.8. The molecule has 0 aliphatic rings. The molecule has 0 saturated carbocycles. The number of phenols is 1. The summed E-state index contributed by atoms with van der Waals surface area (Å²) in [5.41, 5.74) is 2.32. The number of carbonyl (C=O) groups is 1. The van der Waals surface area contributed by atoms with Gasteiger partial charge in [-0.15, -0.1) is 0 Å². The molecule has 0 bridgehead atoms. The van der Waals surface area contributed by atoms with Crippen LogP contribution in [0.4, 0.5) is 11.4 Å². The van der Waals surface area contributed by atoms with E-state index in [9.17, 15) is 20.0 Å². The minimum Gasteiger partial charge on any atom is -0.502 e. The van der Waals surface area contributed by atoms with Gasteiger partial charge in [0.1, 0.15) is 5.75 Å². The Morgan fingerprint density at radius 2 is 2.15 bits per heavy atom. The Bertz CT molecular complexity index is 857. The molecule has 2 aromatic carbocycles. The molecule has 3 N–H and O–H groups in total. The van der Waals surface area contributed by atoms with Crippen LogP contribution in [-0.2, 0) is 4.79 Å². The highest BCUT2D eigenvalue weighted by Crippen LogP contribution is 2.32. The molecule has 1 amide bonds. The molecule has 0 unspecified atom stereocenters. The zero-order chi connectivity index (χ0) is 19.1. The SMILES string of the molecule is COc1ccccc1NCC(=O)N/N=C/c1cc(Cl)cc([N+](=O)[O-])c1O. The smallest absolute Gasteiger partial charge is 0.312 e. The number of halogens is 1. The zero-order valence-corrected chi connectivity index (χ0v) is 14.4. The third-order valence-corrected chi connectivity index (χ3v) is 3.44. The number of hydrazone groups is 1. The highest BCUT2D eigenvalue weighted by Gasteiger charge is 2.17. The number of rotatable bonds is 7. The van der Waals surface area contributed by atoms with E-state index in [0.717, 1.165) is 12.3 Å². The number of hydrogen-bond donors (Lipinski definition) is 3. The van der Waals surface area contributed by atoms with Crippen molar-refractivity contribution in [3.63, 3.8) is 0 Å². The number of amides is 1. The summed E-state index contributed by atoms with van der Waals surface area (Å²) in [5, 5.41) is 27.3. The van der Waals surface area contributed by atoms with Crippen molar-refractivity contribution in [2.45, 2.75) is 0 Å². The summed E-state index contributed by atoms with van der Waals surface area (Å²) in [4.78, 5) is 21.9. The molecule has 0 heterocycles. The Balaban J connectivity index is 1.98. The van der Waals surface area contributed by atoms with E-state index >= 15 is 0 Å². The lowest BCUT2D eigenvalue weighted by Crippen LogP contribution is -2.26. The molecule has 2 aromatic rings. The average molecular weight is 379 g/mol. The quantitative estimate of drug-likeness (QED) is 0.386. The monoisotopic (exact) mass is 378 g/mol. The van der Waals surface area contributed by atoms with E-state index < -0.39 is 22.3 Å². The van der Waals surface area contributed by atoms with Gasteiger partial charge in [0.2, 0.25) is 5.75 Å². The first kappa shape index (κ1) is 19.0. The number of para-hydroxylation sites is 2. The third kappa shape index (κ3) is 4.84. The number of aromatic hydroxyl groups is 1. The van der Waals surface area contributed by atoms with Crippen LogP contribution in [-0.4, -0.2) is 35.8 Å². The number of nitrogens with one attached hydrogen (secondary N) is 2. The van der Waals surface area contributed by atoms with E-state index in [4.69, 9.17) is 16.3 Å². The Morgan fingerprint density at radius 1 is 1.42 bits per heavy atom. The van der Waals surface area contributed by atoms with Crippen molar-refractivity contribution < 1.29 is 19.6 Å². The predicted octanol–water partition coefficient (Wildman–Crippen LogP) is 2.52. The number of nitro benzene ring substituents is 1. The summed E-state index contributed by atoms with van der Waals surface area (Å²) in [6.07, 6.45) is 1.06. The molecule has 0 aliphatic carbocycles. The molecule has 26 heavy (non-hydrogen) atoms. The molecule has 0 aliphatic heterocycles. The average Bonchev–Trinajstić information content (AvgIpc) is 2.62. The van der Waals surface area contributed by atoms with Gasteiger partial charge in [0, 0.05) is 16.7 Å². The van der Waals surface area contributed by atoms with Gasteiger partial charge >= 0.3 is 5.69 Å². The van der Waals surface area contributed by atoms with Crippen LogP contribution in [0.2, 0.25) is 5.02 Å². The minimum absolute atomic E-state index is 0.00203. The number of anilines is 1. The van der Waals surface area contributed by atoms with Gasteiger partial charge in [-0.3, -0.25) is 14.9 Å². The van der Waals surface area contributed by atoms with Crippen LogP contribution >= 0.6 is 11.6 Å². The molecule has 0 aromatic heterocycles. The van der Waals surface area contributed by atoms with Crippen molar-refractivity contribution in [1.29, 1.82) is 0 Å². The van der Waals surface area contributed by atoms with E-state index in [1.54, 1.807) is 24.3 Å². The maximum Gasteiger partial charge on any atom is 0.312 e. The highest BCUT2D eigenvalue weighted by molar-refractivity contribution is 6.31. The second-order valence-corrected chi connectivity index (χ2v) is 5.40. The van der Waals surface area contributed by atoms with E-state index in [1.165, 1.54) is 13.2 Å². The van der Waals surface area contributed by atoms with E-state index in [0.29, 0.717) is 11.4 Å². The summed E-state index contributed by atoms with van der Waals surface area (Å²) in [5.74, 6) is -0.479. The van der Waals surface area contributed by atoms with Crippen molar-refractivity contribution in [2.24, 2.45) is 5.10 Å². The first-order chi connectivity index (χ1) is 12.4. The van der Waals surface area contributed by atoms with Gasteiger partial charge in [0.15, 0.2) is 0 Å². The van der Waals surface area contributed by atoms with Crippen LogP contribution in [0.15, 0.2) is 41.5 Å². The number of hydrogen-bond acceptors (Lipinski definition) is 7. The lowest BCUT2D eigenvalue weighted by Gasteiger charge is -2.09. The van der Waals surface area contributed by atoms with Crippen molar-refractivity contribution in [3.8, 4) is 11.5 Å². The van der Waals surface area contributed by atoms with Gasteiger partial charge in [-0.2, -0.15) is 5.10 Å². The molecule has 9 nitrogen and oxygen atoms in total. The Morgan fingerprint density at radius 3 is 2.85 bits per heavy atom. The van der Waals surface area contributed by atoms with Gasteiger partial charge in [0.25, 0.3) is 5.91 Å². The van der Waals surface area contributed by atoms with Crippen LogP contribution in [0.1, 0.15) is 5.56 Å². The first-order valence-electron chi connectivity index (χ1n) is 7.28. The highest BCUT2D eigenvalue weighted by atomic mass is 35.5. The van der Waals surface area contributed by atoms with Crippen molar-refractivity contribution in [2.75, 3.05) is 19.0 Å². The van der Waals surface area contributed by atoms with Gasteiger partial charge in [0.05, 0.1) is 30.5 Å². The number of phenolic OH excluding ortho intramolecular Hbond substituents is 1. The second kappa shape index (κ2) is 8.67. The minimum atomic E-state index is -0.770. The first-order valence-corrected chi connectivity index (χ1v) is 7.66. The summed E-state index contributed by atoms with van der Waals surface area (Å²) in [6, 6.07) is 9.38. The Labute approximate surface area is 153 Å². The van der Waals surface area contributed by atoms with Gasteiger partial charge in [-0.05, 0) is 18.2 Å². The molecule has 0 radical (unpaired) electrons. The summed E-state index contributed by atoms with van der Waals surface area (Å²) >= 11 is 5.77. The van der Waals surface area contributed by atoms with Crippen molar-refractivity contribution >= 4 is 35.1 Å². The lowest BCUT2D eigenvalue weighted by molar-refractivity contribution is -0.385.